The second-order valence-corrected chi connectivity index (χ2v) is 8.34. The Bertz CT molecular complexity index is 698. The molecule has 154 valence electrons. The van der Waals surface area contributed by atoms with Crippen LogP contribution in [0.1, 0.15) is 55.3 Å². The number of likely N-dealkylation sites (tertiary alicyclic amines) is 1. The largest absolute Gasteiger partial charge is 0.480 e. The number of aliphatic carboxylic acids is 1. The first-order valence-corrected chi connectivity index (χ1v) is 10.5. The SMILES string of the molecule is CC(NC(=O)CN1CCC(N(C)CC(=O)O)CC1)c1ccc2c(c1)CCCC2. The summed E-state index contributed by atoms with van der Waals surface area (Å²) in [7, 11) is 1.86. The summed E-state index contributed by atoms with van der Waals surface area (Å²) in [4.78, 5) is 27.4. The van der Waals surface area contributed by atoms with E-state index in [1.165, 1.54) is 36.0 Å². The van der Waals surface area contributed by atoms with Gasteiger partial charge in [-0.1, -0.05) is 18.2 Å². The lowest BCUT2D eigenvalue weighted by atomic mass is 9.89. The van der Waals surface area contributed by atoms with Crippen LogP contribution < -0.4 is 5.32 Å². The summed E-state index contributed by atoms with van der Waals surface area (Å²) in [5.74, 6) is -0.733. The second-order valence-electron chi connectivity index (χ2n) is 8.34. The predicted molar refractivity (Wildman–Crippen MR) is 109 cm³/mol. The van der Waals surface area contributed by atoms with Crippen molar-refractivity contribution in [1.82, 2.24) is 15.1 Å². The average molecular weight is 388 g/mol. The normalized spacial score (nSPS) is 19.2. The highest BCUT2D eigenvalue weighted by atomic mass is 16.4. The number of aryl methyl sites for hydroxylation is 2. The molecule has 6 nitrogen and oxygen atoms in total. The number of piperidine rings is 1. The number of carbonyl (C=O) groups is 2. The first-order valence-electron chi connectivity index (χ1n) is 10.5. The third-order valence-corrected chi connectivity index (χ3v) is 6.18. The number of nitrogens with one attached hydrogen (secondary N) is 1. The monoisotopic (exact) mass is 387 g/mol. The summed E-state index contributed by atoms with van der Waals surface area (Å²) in [6.45, 7) is 4.19. The summed E-state index contributed by atoms with van der Waals surface area (Å²) in [6, 6.07) is 6.94. The van der Waals surface area contributed by atoms with Crippen LogP contribution in [-0.2, 0) is 22.4 Å². The quantitative estimate of drug-likeness (QED) is 0.751. The van der Waals surface area contributed by atoms with Gasteiger partial charge in [0.25, 0.3) is 0 Å². The van der Waals surface area contributed by atoms with Gasteiger partial charge in [0.1, 0.15) is 0 Å². The van der Waals surface area contributed by atoms with Crippen LogP contribution >= 0.6 is 0 Å². The maximum atomic E-state index is 12.5. The summed E-state index contributed by atoms with van der Waals surface area (Å²) in [5, 5.41) is 12.1. The summed E-state index contributed by atoms with van der Waals surface area (Å²) in [6.07, 6.45) is 6.66. The third-order valence-electron chi connectivity index (χ3n) is 6.18. The molecule has 1 aromatic carbocycles. The van der Waals surface area contributed by atoms with Gasteiger partial charge in [0.2, 0.25) is 5.91 Å². The minimum Gasteiger partial charge on any atom is -0.480 e. The Morgan fingerprint density at radius 1 is 1.21 bits per heavy atom. The smallest absolute Gasteiger partial charge is 0.317 e. The maximum absolute atomic E-state index is 12.5. The van der Waals surface area contributed by atoms with E-state index in [-0.39, 0.29) is 24.5 Å². The number of amides is 1. The van der Waals surface area contributed by atoms with Gasteiger partial charge in [-0.05, 0) is 69.2 Å². The molecule has 0 saturated carbocycles. The number of nitrogens with zero attached hydrogens (tertiary/aromatic N) is 2. The van der Waals surface area contributed by atoms with Crippen molar-refractivity contribution in [2.24, 2.45) is 0 Å². The molecule has 1 unspecified atom stereocenters. The van der Waals surface area contributed by atoms with Crippen LogP contribution in [0.3, 0.4) is 0 Å². The van der Waals surface area contributed by atoms with Crippen LogP contribution in [0.4, 0.5) is 0 Å². The van der Waals surface area contributed by atoms with E-state index in [1.54, 1.807) is 0 Å². The van der Waals surface area contributed by atoms with Crippen molar-refractivity contribution in [3.8, 4) is 0 Å². The van der Waals surface area contributed by atoms with Crippen LogP contribution in [0.5, 0.6) is 0 Å². The van der Waals surface area contributed by atoms with Crippen LogP contribution in [0.25, 0.3) is 0 Å². The van der Waals surface area contributed by atoms with Crippen LogP contribution in [0.15, 0.2) is 18.2 Å². The van der Waals surface area contributed by atoms with E-state index in [1.807, 2.05) is 11.9 Å². The van der Waals surface area contributed by atoms with Crippen molar-refractivity contribution < 1.29 is 14.7 Å². The molecule has 1 amide bonds. The van der Waals surface area contributed by atoms with Gasteiger partial charge in [-0.2, -0.15) is 0 Å². The minimum atomic E-state index is -0.791. The molecule has 1 aliphatic carbocycles. The highest BCUT2D eigenvalue weighted by molar-refractivity contribution is 5.78. The first-order chi connectivity index (χ1) is 13.4. The van der Waals surface area contributed by atoms with Crippen molar-refractivity contribution in [3.05, 3.63) is 34.9 Å². The molecule has 2 aliphatic rings. The number of likely N-dealkylation sites (N-methyl/N-ethyl adjacent to an activating group) is 1. The number of fused-ring (bicyclic) bond motifs is 1. The van der Waals surface area contributed by atoms with Gasteiger partial charge in [-0.15, -0.1) is 0 Å². The molecule has 3 rings (SSSR count). The van der Waals surface area contributed by atoms with E-state index in [9.17, 15) is 9.59 Å². The summed E-state index contributed by atoms with van der Waals surface area (Å²) in [5.41, 5.74) is 4.09. The number of carbonyl (C=O) groups excluding carboxylic acids is 1. The topological polar surface area (TPSA) is 72.9 Å². The predicted octanol–water partition coefficient (Wildman–Crippen LogP) is 2.22. The minimum absolute atomic E-state index is 0.0129. The fourth-order valence-corrected chi connectivity index (χ4v) is 4.46. The van der Waals surface area contributed by atoms with Gasteiger partial charge in [-0.3, -0.25) is 19.4 Å². The number of hydrogen-bond donors (Lipinski definition) is 2. The fourth-order valence-electron chi connectivity index (χ4n) is 4.46. The van der Waals surface area contributed by atoms with Gasteiger partial charge < -0.3 is 10.4 Å². The Hall–Kier alpha value is -1.92. The molecule has 1 aromatic rings. The average Bonchev–Trinajstić information content (AvgIpc) is 2.67. The number of benzene rings is 1. The molecule has 1 aliphatic heterocycles. The van der Waals surface area contributed by atoms with Crippen LogP contribution in [0, 0.1) is 0 Å². The Labute approximate surface area is 167 Å². The number of carboxylic acids is 1. The van der Waals surface area contributed by atoms with E-state index in [2.05, 4.69) is 35.3 Å². The van der Waals surface area contributed by atoms with Crippen molar-refractivity contribution >= 4 is 11.9 Å². The first kappa shape index (κ1) is 20.8. The van der Waals surface area contributed by atoms with E-state index in [4.69, 9.17) is 5.11 Å². The highest BCUT2D eigenvalue weighted by Gasteiger charge is 2.25. The van der Waals surface area contributed by atoms with Gasteiger partial charge in [0, 0.05) is 19.1 Å². The van der Waals surface area contributed by atoms with Crippen molar-refractivity contribution in [2.45, 2.75) is 57.5 Å². The molecule has 1 heterocycles. The Balaban J connectivity index is 1.45. The molecule has 0 spiro atoms. The molecule has 2 N–H and O–H groups in total. The Morgan fingerprint density at radius 2 is 1.89 bits per heavy atom. The molecule has 6 heteroatoms. The zero-order chi connectivity index (χ0) is 20.1. The summed E-state index contributed by atoms with van der Waals surface area (Å²) >= 11 is 0. The molecule has 1 atom stereocenters. The molecule has 1 fully saturated rings. The molecule has 0 bridgehead atoms. The maximum Gasteiger partial charge on any atom is 0.317 e. The fraction of sp³-hybridized carbons (Fsp3) is 0.636. The van der Waals surface area contributed by atoms with E-state index >= 15 is 0 Å². The number of hydrogen-bond acceptors (Lipinski definition) is 4. The molecule has 0 aromatic heterocycles. The molecule has 0 radical (unpaired) electrons. The molecule has 28 heavy (non-hydrogen) atoms. The van der Waals surface area contributed by atoms with Crippen molar-refractivity contribution in [3.63, 3.8) is 0 Å². The standard InChI is InChI=1S/C22H33N3O3/c1-16(18-8-7-17-5-3-4-6-19(17)13-18)23-21(26)14-25-11-9-20(10-12-25)24(2)15-22(27)28/h7-8,13,16,20H,3-6,9-12,14-15H2,1-2H3,(H,23,26)(H,27,28). The van der Waals surface area contributed by atoms with Gasteiger partial charge >= 0.3 is 5.97 Å². The van der Waals surface area contributed by atoms with E-state index in [0.717, 1.165) is 32.4 Å². The Morgan fingerprint density at radius 3 is 2.57 bits per heavy atom. The van der Waals surface area contributed by atoms with E-state index in [0.29, 0.717) is 6.54 Å². The van der Waals surface area contributed by atoms with Crippen molar-refractivity contribution in [2.75, 3.05) is 33.2 Å². The number of carboxylic acid groups (broad SMARTS) is 1. The van der Waals surface area contributed by atoms with Crippen LogP contribution in [-0.4, -0.2) is 66.1 Å². The molecular weight excluding hydrogens is 354 g/mol. The second kappa shape index (κ2) is 9.52. The van der Waals surface area contributed by atoms with Crippen LogP contribution in [0.2, 0.25) is 0 Å². The number of rotatable bonds is 7. The molecule has 1 saturated heterocycles. The zero-order valence-electron chi connectivity index (χ0n) is 17.1. The lowest BCUT2D eigenvalue weighted by Gasteiger charge is -2.35. The van der Waals surface area contributed by atoms with Crippen molar-refractivity contribution in [1.29, 1.82) is 0 Å². The summed E-state index contributed by atoms with van der Waals surface area (Å²) < 4.78 is 0. The lowest BCUT2D eigenvalue weighted by Crippen LogP contribution is -2.47. The zero-order valence-corrected chi connectivity index (χ0v) is 17.1. The van der Waals surface area contributed by atoms with Gasteiger partial charge in [-0.25, -0.2) is 0 Å². The highest BCUT2D eigenvalue weighted by Crippen LogP contribution is 2.24. The third kappa shape index (κ3) is 5.55. The van der Waals surface area contributed by atoms with Gasteiger partial charge in [0.05, 0.1) is 19.1 Å². The lowest BCUT2D eigenvalue weighted by molar-refractivity contribution is -0.138. The molecular formula is C22H33N3O3. The Kier molecular flexibility index (Phi) is 7.08. The van der Waals surface area contributed by atoms with Gasteiger partial charge in [0.15, 0.2) is 0 Å². The van der Waals surface area contributed by atoms with E-state index < -0.39 is 5.97 Å².